The first-order valence-corrected chi connectivity index (χ1v) is 8.07. The van der Waals surface area contributed by atoms with Gasteiger partial charge in [-0.25, -0.2) is 4.79 Å². The summed E-state index contributed by atoms with van der Waals surface area (Å²) in [6.07, 6.45) is 0. The van der Waals surface area contributed by atoms with Crippen LogP contribution in [0.5, 0.6) is 17.2 Å². The maximum Gasteiger partial charge on any atom is 0.337 e. The lowest BCUT2D eigenvalue weighted by molar-refractivity contribution is 0.0601. The number of methoxy groups -OCH3 is 4. The summed E-state index contributed by atoms with van der Waals surface area (Å²) in [7, 11) is 5.99. The van der Waals surface area contributed by atoms with Crippen molar-refractivity contribution in [1.29, 1.82) is 0 Å². The number of carbonyl (C=O) groups excluding carboxylic acids is 1. The molecule has 0 N–H and O–H groups in total. The minimum absolute atomic E-state index is 0.389. The van der Waals surface area contributed by atoms with Crippen LogP contribution in [0.15, 0.2) is 47.0 Å². The molecule has 0 aliphatic heterocycles. The number of aromatic nitrogens is 1. The number of benzene rings is 2. The highest BCUT2D eigenvalue weighted by molar-refractivity contribution is 5.89. The van der Waals surface area contributed by atoms with Crippen molar-refractivity contribution in [3.63, 3.8) is 0 Å². The molecule has 1 heterocycles. The lowest BCUT2D eigenvalue weighted by atomic mass is 10.1. The molecule has 0 saturated carbocycles. The van der Waals surface area contributed by atoms with Gasteiger partial charge in [-0.15, -0.1) is 0 Å². The molecular formula is C20H19NO6. The van der Waals surface area contributed by atoms with Gasteiger partial charge in [-0.3, -0.25) is 0 Å². The van der Waals surface area contributed by atoms with Crippen molar-refractivity contribution in [1.82, 2.24) is 5.16 Å². The van der Waals surface area contributed by atoms with Gasteiger partial charge in [0.05, 0.1) is 34.0 Å². The van der Waals surface area contributed by atoms with Gasteiger partial charge in [0.1, 0.15) is 5.69 Å². The van der Waals surface area contributed by atoms with E-state index in [1.165, 1.54) is 7.11 Å². The summed E-state index contributed by atoms with van der Waals surface area (Å²) < 4.78 is 26.2. The molecule has 0 radical (unpaired) electrons. The summed E-state index contributed by atoms with van der Waals surface area (Å²) in [4.78, 5) is 11.5. The highest BCUT2D eigenvalue weighted by Gasteiger charge is 2.17. The number of ether oxygens (including phenoxy) is 4. The Morgan fingerprint density at radius 3 is 2.00 bits per heavy atom. The summed E-state index contributed by atoms with van der Waals surface area (Å²) >= 11 is 0. The van der Waals surface area contributed by atoms with Crippen molar-refractivity contribution < 1.29 is 28.3 Å². The Bertz CT molecular complexity index is 920. The molecule has 3 aromatic rings. The Morgan fingerprint density at radius 1 is 0.852 bits per heavy atom. The van der Waals surface area contributed by atoms with Gasteiger partial charge in [-0.05, 0) is 24.3 Å². The normalized spacial score (nSPS) is 10.4. The number of esters is 1. The molecule has 0 bridgehead atoms. The third-order valence-electron chi connectivity index (χ3n) is 4.06. The Kier molecular flexibility index (Phi) is 5.30. The smallest absolute Gasteiger partial charge is 0.337 e. The van der Waals surface area contributed by atoms with Crippen molar-refractivity contribution in [2.45, 2.75) is 0 Å². The fourth-order valence-corrected chi connectivity index (χ4v) is 2.67. The first-order valence-electron chi connectivity index (χ1n) is 8.07. The van der Waals surface area contributed by atoms with E-state index in [0.717, 1.165) is 11.1 Å². The van der Waals surface area contributed by atoms with Crippen LogP contribution in [0.4, 0.5) is 0 Å². The highest BCUT2D eigenvalue weighted by Crippen LogP contribution is 2.41. The van der Waals surface area contributed by atoms with Crippen LogP contribution in [-0.2, 0) is 4.74 Å². The Labute approximate surface area is 156 Å². The molecule has 0 fully saturated rings. The monoisotopic (exact) mass is 369 g/mol. The van der Waals surface area contributed by atoms with Gasteiger partial charge >= 0.3 is 5.97 Å². The zero-order valence-electron chi connectivity index (χ0n) is 15.4. The zero-order chi connectivity index (χ0) is 19.4. The molecule has 3 rings (SSSR count). The molecule has 27 heavy (non-hydrogen) atoms. The predicted octanol–water partition coefficient (Wildman–Crippen LogP) is 3.82. The summed E-state index contributed by atoms with van der Waals surface area (Å²) in [6.45, 7) is 0. The van der Waals surface area contributed by atoms with Gasteiger partial charge in [-0.1, -0.05) is 17.3 Å². The van der Waals surface area contributed by atoms with Gasteiger partial charge in [-0.2, -0.15) is 0 Å². The maximum atomic E-state index is 11.5. The van der Waals surface area contributed by atoms with Gasteiger partial charge in [0.15, 0.2) is 17.3 Å². The third kappa shape index (κ3) is 3.57. The molecule has 0 aliphatic carbocycles. The first-order chi connectivity index (χ1) is 13.1. The minimum atomic E-state index is -0.389. The zero-order valence-corrected chi connectivity index (χ0v) is 15.4. The van der Waals surface area contributed by atoms with Gasteiger partial charge in [0, 0.05) is 17.2 Å². The quantitative estimate of drug-likeness (QED) is 0.611. The average Bonchev–Trinajstić information content (AvgIpc) is 3.22. The second-order valence-corrected chi connectivity index (χ2v) is 5.56. The van der Waals surface area contributed by atoms with Gasteiger partial charge in [0.25, 0.3) is 0 Å². The van der Waals surface area contributed by atoms with Gasteiger partial charge < -0.3 is 23.5 Å². The standard InChI is InChI=1S/C20H19NO6/c1-23-17-9-14(10-18(24-2)19(17)25-3)16-11-15(21-27-16)12-5-7-13(8-6-12)20(22)26-4/h5-11H,1-4H3. The molecule has 7 heteroatoms. The molecule has 0 atom stereocenters. The topological polar surface area (TPSA) is 80.0 Å². The van der Waals surface area contributed by atoms with Crippen LogP contribution in [0.25, 0.3) is 22.6 Å². The largest absolute Gasteiger partial charge is 0.493 e. The van der Waals surface area contributed by atoms with Crippen LogP contribution in [0, 0.1) is 0 Å². The van der Waals surface area contributed by atoms with E-state index >= 15 is 0 Å². The fraction of sp³-hybridized carbons (Fsp3) is 0.200. The molecule has 0 amide bonds. The summed E-state index contributed by atoms with van der Waals surface area (Å²) in [5, 5.41) is 4.11. The Balaban J connectivity index is 1.95. The van der Waals surface area contributed by atoms with Crippen LogP contribution in [-0.4, -0.2) is 39.6 Å². The summed E-state index contributed by atoms with van der Waals surface area (Å²) in [5.74, 6) is 1.70. The highest BCUT2D eigenvalue weighted by atomic mass is 16.5. The van der Waals surface area contributed by atoms with Crippen molar-refractivity contribution in [3.8, 4) is 39.8 Å². The van der Waals surface area contributed by atoms with E-state index in [0.29, 0.717) is 34.3 Å². The van der Waals surface area contributed by atoms with E-state index in [9.17, 15) is 4.79 Å². The molecular weight excluding hydrogens is 350 g/mol. The Hall–Kier alpha value is -3.48. The number of hydrogen-bond acceptors (Lipinski definition) is 7. The van der Waals surface area contributed by atoms with Crippen LogP contribution >= 0.6 is 0 Å². The fourth-order valence-electron chi connectivity index (χ4n) is 2.67. The van der Waals surface area contributed by atoms with Crippen LogP contribution in [0.1, 0.15) is 10.4 Å². The van der Waals surface area contributed by atoms with E-state index < -0.39 is 0 Å². The van der Waals surface area contributed by atoms with Gasteiger partial charge in [0.2, 0.25) is 5.75 Å². The van der Waals surface area contributed by atoms with Crippen molar-refractivity contribution >= 4 is 5.97 Å². The van der Waals surface area contributed by atoms with E-state index in [2.05, 4.69) is 5.16 Å². The second kappa shape index (κ2) is 7.82. The summed E-state index contributed by atoms with van der Waals surface area (Å²) in [5.41, 5.74) is 2.64. The number of carbonyl (C=O) groups is 1. The number of rotatable bonds is 6. The van der Waals surface area contributed by atoms with Crippen molar-refractivity contribution in [2.24, 2.45) is 0 Å². The first kappa shape index (κ1) is 18.3. The van der Waals surface area contributed by atoms with E-state index in [1.54, 1.807) is 63.8 Å². The van der Waals surface area contributed by atoms with Crippen LogP contribution in [0.2, 0.25) is 0 Å². The molecule has 7 nitrogen and oxygen atoms in total. The Morgan fingerprint density at radius 2 is 1.48 bits per heavy atom. The second-order valence-electron chi connectivity index (χ2n) is 5.56. The van der Waals surface area contributed by atoms with Crippen molar-refractivity contribution in [3.05, 3.63) is 48.0 Å². The van der Waals surface area contributed by atoms with E-state index in [4.69, 9.17) is 23.5 Å². The average molecular weight is 369 g/mol. The molecule has 140 valence electrons. The minimum Gasteiger partial charge on any atom is -0.493 e. The number of hydrogen-bond donors (Lipinski definition) is 0. The lowest BCUT2D eigenvalue weighted by Crippen LogP contribution is -2.00. The molecule has 2 aromatic carbocycles. The SMILES string of the molecule is COC(=O)c1ccc(-c2cc(-c3cc(OC)c(OC)c(OC)c3)on2)cc1. The van der Waals surface area contributed by atoms with E-state index in [1.807, 2.05) is 0 Å². The van der Waals surface area contributed by atoms with Crippen LogP contribution in [0.3, 0.4) is 0 Å². The van der Waals surface area contributed by atoms with E-state index in [-0.39, 0.29) is 5.97 Å². The number of nitrogens with zero attached hydrogens (tertiary/aromatic N) is 1. The van der Waals surface area contributed by atoms with Crippen LogP contribution < -0.4 is 14.2 Å². The molecule has 0 aliphatic rings. The molecule has 0 spiro atoms. The predicted molar refractivity (Wildman–Crippen MR) is 98.4 cm³/mol. The summed E-state index contributed by atoms with van der Waals surface area (Å²) in [6, 6.07) is 12.3. The third-order valence-corrected chi connectivity index (χ3v) is 4.06. The molecule has 0 unspecified atom stereocenters. The maximum absolute atomic E-state index is 11.5. The molecule has 0 saturated heterocycles. The van der Waals surface area contributed by atoms with Crippen molar-refractivity contribution in [2.75, 3.05) is 28.4 Å². The molecule has 1 aromatic heterocycles. The lowest BCUT2D eigenvalue weighted by Gasteiger charge is -2.12.